The van der Waals surface area contributed by atoms with E-state index in [0.29, 0.717) is 26.2 Å². The minimum atomic E-state index is -3.77. The van der Waals surface area contributed by atoms with Crippen molar-refractivity contribution in [2.75, 3.05) is 32.8 Å². The highest BCUT2D eigenvalue weighted by Crippen LogP contribution is 2.19. The number of benzene rings is 1. The van der Waals surface area contributed by atoms with Gasteiger partial charge in [0.25, 0.3) is 15.9 Å². The molecule has 2 heterocycles. The number of hydrogen-bond donors (Lipinski definition) is 1. The van der Waals surface area contributed by atoms with E-state index in [2.05, 4.69) is 5.32 Å². The third kappa shape index (κ3) is 4.29. The lowest BCUT2D eigenvalue weighted by Crippen LogP contribution is -2.40. The van der Waals surface area contributed by atoms with E-state index < -0.39 is 15.9 Å². The van der Waals surface area contributed by atoms with Crippen molar-refractivity contribution in [1.82, 2.24) is 9.62 Å². The summed E-state index contributed by atoms with van der Waals surface area (Å²) in [5.41, 5.74) is 0.877. The molecular weight excluding hydrogens is 363 g/mol. The van der Waals surface area contributed by atoms with Crippen LogP contribution in [0.3, 0.4) is 0 Å². The van der Waals surface area contributed by atoms with E-state index in [0.717, 1.165) is 5.56 Å². The van der Waals surface area contributed by atoms with E-state index in [1.54, 1.807) is 12.1 Å². The lowest BCUT2D eigenvalue weighted by Gasteiger charge is -2.24. The van der Waals surface area contributed by atoms with Gasteiger partial charge in [-0.25, -0.2) is 12.8 Å². The minimum Gasteiger partial charge on any atom is -0.438 e. The van der Waals surface area contributed by atoms with Crippen LogP contribution in [0, 0.1) is 5.82 Å². The number of sulfonamides is 1. The summed E-state index contributed by atoms with van der Waals surface area (Å²) in [4.78, 5) is 12.1. The Hall–Kier alpha value is -2.23. The second-order valence-electron chi connectivity index (χ2n) is 5.77. The van der Waals surface area contributed by atoms with Crippen molar-refractivity contribution in [3.05, 3.63) is 53.5 Å². The zero-order valence-corrected chi connectivity index (χ0v) is 14.8. The molecule has 0 saturated carbocycles. The molecule has 0 unspecified atom stereocenters. The Morgan fingerprint density at radius 3 is 2.50 bits per heavy atom. The number of halogens is 1. The minimum absolute atomic E-state index is 0.0732. The highest BCUT2D eigenvalue weighted by molar-refractivity contribution is 7.89. The fraction of sp³-hybridized carbons (Fsp3) is 0.353. The smallest absolute Gasteiger partial charge is 0.287 e. The summed E-state index contributed by atoms with van der Waals surface area (Å²) >= 11 is 0. The topological polar surface area (TPSA) is 88.9 Å². The molecule has 1 N–H and O–H groups in total. The average molecular weight is 382 g/mol. The van der Waals surface area contributed by atoms with Gasteiger partial charge in [0, 0.05) is 19.6 Å². The van der Waals surface area contributed by atoms with Crippen LogP contribution >= 0.6 is 0 Å². The van der Waals surface area contributed by atoms with Gasteiger partial charge in [-0.15, -0.1) is 0 Å². The Morgan fingerprint density at radius 2 is 1.81 bits per heavy atom. The van der Waals surface area contributed by atoms with Gasteiger partial charge in [-0.2, -0.15) is 4.31 Å². The summed E-state index contributed by atoms with van der Waals surface area (Å²) in [5.74, 6) is -0.895. The molecule has 26 heavy (non-hydrogen) atoms. The van der Waals surface area contributed by atoms with Crippen molar-refractivity contribution in [3.8, 4) is 0 Å². The normalized spacial score (nSPS) is 15.7. The monoisotopic (exact) mass is 382 g/mol. The maximum absolute atomic E-state index is 12.8. The van der Waals surface area contributed by atoms with E-state index in [1.807, 2.05) is 0 Å². The van der Waals surface area contributed by atoms with Crippen molar-refractivity contribution < 1.29 is 26.8 Å². The number of carbonyl (C=O) groups is 1. The highest BCUT2D eigenvalue weighted by atomic mass is 32.2. The van der Waals surface area contributed by atoms with Crippen LogP contribution in [0.15, 0.2) is 45.9 Å². The largest absolute Gasteiger partial charge is 0.438 e. The highest BCUT2D eigenvalue weighted by Gasteiger charge is 2.29. The summed E-state index contributed by atoms with van der Waals surface area (Å²) in [6.45, 7) is 1.48. The molecule has 140 valence electrons. The molecule has 9 heteroatoms. The predicted molar refractivity (Wildman–Crippen MR) is 90.7 cm³/mol. The molecule has 0 radical (unpaired) electrons. The van der Waals surface area contributed by atoms with Gasteiger partial charge < -0.3 is 14.5 Å². The summed E-state index contributed by atoms with van der Waals surface area (Å²) in [7, 11) is -3.77. The van der Waals surface area contributed by atoms with Crippen LogP contribution in [0.2, 0.25) is 0 Å². The van der Waals surface area contributed by atoms with Crippen molar-refractivity contribution >= 4 is 15.9 Å². The van der Waals surface area contributed by atoms with Crippen LogP contribution in [0.1, 0.15) is 16.1 Å². The average Bonchev–Trinajstić information content (AvgIpc) is 3.15. The second kappa shape index (κ2) is 7.98. The van der Waals surface area contributed by atoms with Gasteiger partial charge in [-0.1, -0.05) is 12.1 Å². The van der Waals surface area contributed by atoms with Gasteiger partial charge in [0.1, 0.15) is 5.82 Å². The molecule has 1 aromatic carbocycles. The molecule has 0 spiro atoms. The SMILES string of the molecule is O=C(NCCc1ccc(F)cc1)c1ccc(S(=O)(=O)N2CCOCC2)o1. The van der Waals surface area contributed by atoms with Crippen LogP contribution in [0.25, 0.3) is 0 Å². The summed E-state index contributed by atoms with van der Waals surface area (Å²) in [6, 6.07) is 8.60. The molecule has 1 amide bonds. The molecule has 1 aliphatic rings. The Labute approximate surface area is 150 Å². The second-order valence-corrected chi connectivity index (χ2v) is 7.64. The molecule has 1 aromatic heterocycles. The Morgan fingerprint density at radius 1 is 1.12 bits per heavy atom. The first-order chi connectivity index (χ1) is 12.5. The van der Waals surface area contributed by atoms with Crippen LogP contribution in [0.5, 0.6) is 0 Å². The summed E-state index contributed by atoms with van der Waals surface area (Å²) in [6.07, 6.45) is 0.520. The van der Waals surface area contributed by atoms with Crippen LogP contribution < -0.4 is 5.32 Å². The van der Waals surface area contributed by atoms with Gasteiger partial charge in [-0.05, 0) is 36.2 Å². The van der Waals surface area contributed by atoms with Crippen LogP contribution in [-0.2, 0) is 21.2 Å². The number of morpholine rings is 1. The fourth-order valence-electron chi connectivity index (χ4n) is 2.55. The van der Waals surface area contributed by atoms with Crippen molar-refractivity contribution in [2.24, 2.45) is 0 Å². The quantitative estimate of drug-likeness (QED) is 0.816. The number of amides is 1. The number of nitrogens with one attached hydrogen (secondary N) is 1. The maximum Gasteiger partial charge on any atom is 0.287 e. The van der Waals surface area contributed by atoms with Gasteiger partial charge in [-0.3, -0.25) is 4.79 Å². The molecule has 2 aromatic rings. The standard InChI is InChI=1S/C17H19FN2O5S/c18-14-3-1-13(2-4-14)7-8-19-17(21)15-5-6-16(25-15)26(22,23)20-9-11-24-12-10-20/h1-6H,7-12H2,(H,19,21). The van der Waals surface area contributed by atoms with E-state index in [4.69, 9.17) is 9.15 Å². The molecule has 0 bridgehead atoms. The summed E-state index contributed by atoms with van der Waals surface area (Å²) < 4.78 is 49.4. The molecule has 0 aliphatic carbocycles. The van der Waals surface area contributed by atoms with Crippen molar-refractivity contribution in [2.45, 2.75) is 11.5 Å². The first kappa shape index (κ1) is 18.6. The van der Waals surface area contributed by atoms with E-state index in [-0.39, 0.29) is 29.8 Å². The number of ether oxygens (including phenoxy) is 1. The molecular formula is C17H19FN2O5S. The van der Waals surface area contributed by atoms with Crippen molar-refractivity contribution in [3.63, 3.8) is 0 Å². The van der Waals surface area contributed by atoms with Crippen LogP contribution in [-0.4, -0.2) is 51.5 Å². The molecule has 7 nitrogen and oxygen atoms in total. The van der Waals surface area contributed by atoms with Gasteiger partial charge in [0.05, 0.1) is 13.2 Å². The number of carbonyl (C=O) groups excluding carboxylic acids is 1. The van der Waals surface area contributed by atoms with Gasteiger partial charge in [0.2, 0.25) is 5.09 Å². The summed E-state index contributed by atoms with van der Waals surface area (Å²) in [5, 5.41) is 2.39. The fourth-order valence-corrected chi connectivity index (χ4v) is 3.87. The number of nitrogens with zero attached hydrogens (tertiary/aromatic N) is 1. The van der Waals surface area contributed by atoms with Crippen LogP contribution in [0.4, 0.5) is 4.39 Å². The lowest BCUT2D eigenvalue weighted by molar-refractivity contribution is 0.0722. The molecule has 1 saturated heterocycles. The molecule has 1 aliphatic heterocycles. The predicted octanol–water partition coefficient (Wildman–Crippen LogP) is 1.41. The van der Waals surface area contributed by atoms with E-state index in [1.165, 1.54) is 28.6 Å². The van der Waals surface area contributed by atoms with E-state index >= 15 is 0 Å². The third-order valence-corrected chi connectivity index (χ3v) is 5.75. The molecule has 3 rings (SSSR count). The zero-order valence-electron chi connectivity index (χ0n) is 14.0. The zero-order chi connectivity index (χ0) is 18.6. The number of furan rings is 1. The first-order valence-electron chi connectivity index (χ1n) is 8.17. The first-order valence-corrected chi connectivity index (χ1v) is 9.61. The van der Waals surface area contributed by atoms with E-state index in [9.17, 15) is 17.6 Å². The maximum atomic E-state index is 12.8. The van der Waals surface area contributed by atoms with Gasteiger partial charge >= 0.3 is 0 Å². The number of rotatable bonds is 6. The Kier molecular flexibility index (Phi) is 5.70. The molecule has 1 fully saturated rings. The third-order valence-electron chi connectivity index (χ3n) is 3.98. The molecule has 0 atom stereocenters. The Bertz CT molecular complexity index is 858. The Balaban J connectivity index is 1.58. The number of hydrogen-bond acceptors (Lipinski definition) is 5. The lowest BCUT2D eigenvalue weighted by atomic mass is 10.1. The van der Waals surface area contributed by atoms with Crippen molar-refractivity contribution in [1.29, 1.82) is 0 Å². The van der Waals surface area contributed by atoms with Gasteiger partial charge in [0.15, 0.2) is 5.76 Å².